The van der Waals surface area contributed by atoms with Crippen molar-refractivity contribution in [2.75, 3.05) is 13.2 Å². The monoisotopic (exact) mass is 477 g/mol. The topological polar surface area (TPSA) is 153 Å². The third-order valence-corrected chi connectivity index (χ3v) is 8.94. The zero-order chi connectivity index (χ0) is 24.9. The summed E-state index contributed by atoms with van der Waals surface area (Å²) >= 11 is 0. The molecule has 2 saturated carbocycles. The molecule has 0 unspecified atom stereocenters. The third-order valence-electron chi connectivity index (χ3n) is 8.94. The molecule has 0 amide bonds. The minimum atomic E-state index is -1.76. The molecular formula is C24H31NO9. The maximum atomic E-state index is 13.1. The van der Waals surface area contributed by atoms with Gasteiger partial charge in [0.15, 0.2) is 12.4 Å². The quantitative estimate of drug-likeness (QED) is 0.241. The molecule has 0 aromatic carbocycles. The Morgan fingerprint density at radius 1 is 1.32 bits per heavy atom. The van der Waals surface area contributed by atoms with Gasteiger partial charge in [-0.25, -0.2) is 0 Å². The van der Waals surface area contributed by atoms with Crippen LogP contribution in [-0.2, 0) is 24.0 Å². The van der Waals surface area contributed by atoms with Crippen LogP contribution in [0.1, 0.15) is 52.4 Å². The van der Waals surface area contributed by atoms with Gasteiger partial charge < -0.3 is 19.8 Å². The Balaban J connectivity index is 1.50. The largest absolute Gasteiger partial charge is 0.457 e. The number of hydrogen-bond acceptors (Lipinski definition) is 9. The van der Waals surface area contributed by atoms with Crippen LogP contribution in [0.3, 0.4) is 0 Å². The molecule has 4 rings (SSSR count). The van der Waals surface area contributed by atoms with Crippen molar-refractivity contribution in [3.05, 3.63) is 33.9 Å². The molecule has 0 aromatic heterocycles. The van der Waals surface area contributed by atoms with Crippen LogP contribution < -0.4 is 0 Å². The van der Waals surface area contributed by atoms with Crippen molar-refractivity contribution in [3.8, 4) is 0 Å². The molecular weight excluding hydrogens is 446 g/mol. The van der Waals surface area contributed by atoms with Crippen molar-refractivity contribution in [1.29, 1.82) is 0 Å². The number of ether oxygens (including phenoxy) is 1. The van der Waals surface area contributed by atoms with Gasteiger partial charge in [0, 0.05) is 23.2 Å². The number of carbonyl (C=O) groups excluding carboxylic acids is 3. The maximum absolute atomic E-state index is 13.1. The molecule has 7 atom stereocenters. The van der Waals surface area contributed by atoms with Crippen molar-refractivity contribution < 1.29 is 39.3 Å². The minimum absolute atomic E-state index is 0.0281. The standard InChI is InChI=1S/C24H31NO9/c1-22-8-5-15(26)11-14(22)3-4-16-17-6-9-24(30,23(17,2)12-18(27)21(16)22)19(28)13-33-20(29)7-10-34-25(31)32/h3,5,8,16-18,21,27,30H,4,6-7,9-13H2,1-2H3/t16-,17-,18-,21+,22-,23-,24-/m0/s1. The summed E-state index contributed by atoms with van der Waals surface area (Å²) in [6, 6.07) is 0. The van der Waals surface area contributed by atoms with E-state index in [4.69, 9.17) is 4.74 Å². The Morgan fingerprint density at radius 3 is 2.76 bits per heavy atom. The van der Waals surface area contributed by atoms with Gasteiger partial charge in [0.05, 0.1) is 12.5 Å². The zero-order valence-electron chi connectivity index (χ0n) is 19.4. The molecule has 4 aliphatic rings. The van der Waals surface area contributed by atoms with Crippen LogP contribution in [0, 0.1) is 38.7 Å². The first-order chi connectivity index (χ1) is 15.9. The van der Waals surface area contributed by atoms with E-state index in [-0.39, 0.29) is 36.4 Å². The number of aliphatic hydroxyl groups excluding tert-OH is 1. The lowest BCUT2D eigenvalue weighted by atomic mass is 9.47. The number of Topliss-reactive ketones (excluding diaryl/α,β-unsaturated/α-hetero) is 1. The molecule has 0 bridgehead atoms. The van der Waals surface area contributed by atoms with Gasteiger partial charge in [-0.05, 0) is 43.6 Å². The summed E-state index contributed by atoms with van der Waals surface area (Å²) in [5.74, 6) is -1.53. The lowest BCUT2D eigenvalue weighted by molar-refractivity contribution is -0.757. The number of aliphatic hydroxyl groups is 2. The van der Waals surface area contributed by atoms with E-state index in [1.54, 1.807) is 6.08 Å². The molecule has 0 aromatic rings. The highest BCUT2D eigenvalue weighted by molar-refractivity contribution is 5.93. The summed E-state index contributed by atoms with van der Waals surface area (Å²) < 4.78 is 4.95. The van der Waals surface area contributed by atoms with Gasteiger partial charge in [-0.2, -0.15) is 0 Å². The third kappa shape index (κ3) is 3.76. The van der Waals surface area contributed by atoms with E-state index in [0.29, 0.717) is 19.3 Å². The van der Waals surface area contributed by atoms with Gasteiger partial charge in [0.1, 0.15) is 12.2 Å². The summed E-state index contributed by atoms with van der Waals surface area (Å²) in [5, 5.41) is 32.1. The smallest absolute Gasteiger partial charge is 0.308 e. The highest BCUT2D eigenvalue weighted by atomic mass is 16.9. The van der Waals surface area contributed by atoms with Crippen molar-refractivity contribution in [3.63, 3.8) is 0 Å². The fraction of sp³-hybridized carbons (Fsp3) is 0.708. The van der Waals surface area contributed by atoms with Crippen LogP contribution in [0.2, 0.25) is 0 Å². The predicted molar refractivity (Wildman–Crippen MR) is 116 cm³/mol. The maximum Gasteiger partial charge on any atom is 0.308 e. The van der Waals surface area contributed by atoms with Crippen LogP contribution >= 0.6 is 0 Å². The number of hydrogen-bond donors (Lipinski definition) is 2. The molecule has 0 aliphatic heterocycles. The molecule has 4 aliphatic carbocycles. The second kappa shape index (κ2) is 8.57. The van der Waals surface area contributed by atoms with Crippen molar-refractivity contribution >= 4 is 17.5 Å². The summed E-state index contributed by atoms with van der Waals surface area (Å²) in [7, 11) is 0. The van der Waals surface area contributed by atoms with Crippen molar-refractivity contribution in [1.82, 2.24) is 0 Å². The number of allylic oxidation sites excluding steroid dienone is 4. The Labute approximate surface area is 197 Å². The molecule has 0 saturated heterocycles. The summed E-state index contributed by atoms with van der Waals surface area (Å²) in [5.41, 5.74) is -2.07. The van der Waals surface area contributed by atoms with Crippen LogP contribution in [0.5, 0.6) is 0 Å². The Morgan fingerprint density at radius 2 is 2.06 bits per heavy atom. The minimum Gasteiger partial charge on any atom is -0.457 e. The molecule has 0 spiro atoms. The van der Waals surface area contributed by atoms with Crippen LogP contribution in [0.25, 0.3) is 0 Å². The van der Waals surface area contributed by atoms with Gasteiger partial charge in [-0.1, -0.05) is 31.6 Å². The lowest BCUT2D eigenvalue weighted by Crippen LogP contribution is -2.61. The highest BCUT2D eigenvalue weighted by Crippen LogP contribution is 2.66. The second-order valence-electron chi connectivity index (χ2n) is 10.5. The number of carbonyl (C=O) groups is 3. The van der Waals surface area contributed by atoms with Gasteiger partial charge in [-0.3, -0.25) is 14.4 Å². The predicted octanol–water partition coefficient (Wildman–Crippen LogP) is 1.71. The molecule has 2 fully saturated rings. The Hall–Kier alpha value is -2.59. The first-order valence-electron chi connectivity index (χ1n) is 11.7. The second-order valence-corrected chi connectivity index (χ2v) is 10.5. The van der Waals surface area contributed by atoms with Crippen molar-refractivity contribution in [2.45, 2.75) is 64.1 Å². The van der Waals surface area contributed by atoms with E-state index in [1.807, 2.05) is 13.0 Å². The average molecular weight is 478 g/mol. The normalized spacial score (nSPS) is 40.5. The first kappa shape index (κ1) is 24.5. The highest BCUT2D eigenvalue weighted by Gasteiger charge is 2.67. The average Bonchev–Trinajstić information content (AvgIpc) is 3.03. The summed E-state index contributed by atoms with van der Waals surface area (Å²) in [6.45, 7) is 2.76. The van der Waals surface area contributed by atoms with Crippen LogP contribution in [-0.4, -0.2) is 57.8 Å². The Kier molecular flexibility index (Phi) is 6.18. The molecule has 2 N–H and O–H groups in total. The molecule has 0 heterocycles. The number of ketones is 2. The molecule has 10 nitrogen and oxygen atoms in total. The van der Waals surface area contributed by atoms with E-state index >= 15 is 0 Å². The van der Waals surface area contributed by atoms with E-state index in [9.17, 15) is 34.7 Å². The fourth-order valence-electron chi connectivity index (χ4n) is 7.24. The number of nitrogens with zero attached hydrogens (tertiary/aromatic N) is 1. The van der Waals surface area contributed by atoms with Crippen LogP contribution in [0.4, 0.5) is 0 Å². The van der Waals surface area contributed by atoms with Gasteiger partial charge in [-0.15, -0.1) is 10.1 Å². The number of fused-ring (bicyclic) bond motifs is 5. The zero-order valence-corrected chi connectivity index (χ0v) is 19.4. The van der Waals surface area contributed by atoms with Crippen molar-refractivity contribution in [2.24, 2.45) is 28.6 Å². The van der Waals surface area contributed by atoms with Gasteiger partial charge in [0.2, 0.25) is 5.78 Å². The van der Waals surface area contributed by atoms with E-state index in [2.05, 4.69) is 17.8 Å². The van der Waals surface area contributed by atoms with E-state index < -0.39 is 59.0 Å². The summed E-state index contributed by atoms with van der Waals surface area (Å²) in [6.07, 6.45) is 6.46. The molecule has 34 heavy (non-hydrogen) atoms. The van der Waals surface area contributed by atoms with Crippen LogP contribution in [0.15, 0.2) is 23.8 Å². The molecule has 186 valence electrons. The number of rotatable bonds is 7. The van der Waals surface area contributed by atoms with Gasteiger partial charge >= 0.3 is 5.97 Å². The fourth-order valence-corrected chi connectivity index (χ4v) is 7.24. The molecule has 0 radical (unpaired) electrons. The SMILES string of the molecule is C[C@]12C=CC(=O)CC1=CC[C@@H]1[C@@H]2[C@@H](O)C[C@@]2(C)[C@H]1CC[C@]2(O)C(=O)COC(=O)CCO[N+](=O)[O-]. The first-order valence-corrected chi connectivity index (χ1v) is 11.7. The van der Waals surface area contributed by atoms with Gasteiger partial charge in [0.25, 0.3) is 5.09 Å². The molecule has 10 heteroatoms. The lowest BCUT2D eigenvalue weighted by Gasteiger charge is -2.58. The Bertz CT molecular complexity index is 973. The van der Waals surface area contributed by atoms with E-state index in [0.717, 1.165) is 5.57 Å². The summed E-state index contributed by atoms with van der Waals surface area (Å²) in [4.78, 5) is 51.1. The van der Waals surface area contributed by atoms with E-state index in [1.165, 1.54) is 0 Å². The number of esters is 1.